The number of aryl methyl sites for hydroxylation is 1. The van der Waals surface area contributed by atoms with Crippen LogP contribution >= 0.6 is 0 Å². The van der Waals surface area contributed by atoms with Crippen molar-refractivity contribution in [3.8, 4) is 0 Å². The minimum atomic E-state index is -0.0993. The summed E-state index contributed by atoms with van der Waals surface area (Å²) in [5, 5.41) is 4.54. The number of nitrogens with one attached hydrogen (secondary N) is 1. The summed E-state index contributed by atoms with van der Waals surface area (Å²) in [6.45, 7) is 4.13. The molecule has 3 nitrogen and oxygen atoms in total. The number of benzene rings is 1. The van der Waals surface area contributed by atoms with Gasteiger partial charge in [0, 0.05) is 16.7 Å². The van der Waals surface area contributed by atoms with Crippen LogP contribution in [0.2, 0.25) is 0 Å². The second-order valence-electron chi connectivity index (χ2n) is 8.21. The largest absolute Gasteiger partial charge is 0.271 e. The van der Waals surface area contributed by atoms with E-state index in [9.17, 15) is 4.79 Å². The van der Waals surface area contributed by atoms with Gasteiger partial charge in [-0.3, -0.25) is 4.79 Å². The van der Waals surface area contributed by atoms with Crippen molar-refractivity contribution in [1.29, 1.82) is 0 Å². The maximum atomic E-state index is 12.3. The van der Waals surface area contributed by atoms with Crippen LogP contribution < -0.4 is 5.43 Å². The van der Waals surface area contributed by atoms with Gasteiger partial charge in [0.1, 0.15) is 0 Å². The van der Waals surface area contributed by atoms with E-state index in [2.05, 4.69) is 17.5 Å². The summed E-state index contributed by atoms with van der Waals surface area (Å²) in [6.07, 6.45) is 8.16. The molecule has 23 heavy (non-hydrogen) atoms. The summed E-state index contributed by atoms with van der Waals surface area (Å²) in [5.74, 6) is 2.61. The first kappa shape index (κ1) is 14.9. The average molecular weight is 310 g/mol. The number of rotatable bonds is 3. The van der Waals surface area contributed by atoms with Crippen LogP contribution in [0.1, 0.15) is 61.4 Å². The average Bonchev–Trinajstić information content (AvgIpc) is 2.51. The highest BCUT2D eigenvalue weighted by molar-refractivity contribution is 5.96. The molecule has 122 valence electrons. The maximum absolute atomic E-state index is 12.3. The van der Waals surface area contributed by atoms with E-state index in [-0.39, 0.29) is 11.3 Å². The van der Waals surface area contributed by atoms with Crippen molar-refractivity contribution in [1.82, 2.24) is 5.43 Å². The first-order chi connectivity index (χ1) is 11.0. The third kappa shape index (κ3) is 2.71. The van der Waals surface area contributed by atoms with Crippen LogP contribution in [0.25, 0.3) is 0 Å². The molecule has 0 aliphatic heterocycles. The lowest BCUT2D eigenvalue weighted by molar-refractivity contribution is -0.0128. The van der Waals surface area contributed by atoms with Crippen LogP contribution in [0.3, 0.4) is 0 Å². The number of carbonyl (C=O) groups excluding carboxylic acids is 1. The smallest absolute Gasteiger partial charge is 0.267 e. The highest BCUT2D eigenvalue weighted by Gasteiger charge is 2.52. The molecule has 4 bridgehead atoms. The Morgan fingerprint density at radius 2 is 1.74 bits per heavy atom. The summed E-state index contributed by atoms with van der Waals surface area (Å²) in [4.78, 5) is 12.3. The molecule has 1 N–H and O–H groups in total. The molecule has 0 atom stereocenters. The molecule has 3 heteroatoms. The predicted octanol–water partition coefficient (Wildman–Crippen LogP) is 4.32. The van der Waals surface area contributed by atoms with Gasteiger partial charge >= 0.3 is 0 Å². The number of nitrogens with zero attached hydrogens (tertiary/aromatic N) is 1. The van der Waals surface area contributed by atoms with Crippen LogP contribution in [-0.2, 0) is 0 Å². The molecule has 5 rings (SSSR count). The quantitative estimate of drug-likeness (QED) is 0.655. The van der Waals surface area contributed by atoms with Gasteiger partial charge in [-0.2, -0.15) is 5.10 Å². The van der Waals surface area contributed by atoms with Crippen molar-refractivity contribution in [3.63, 3.8) is 0 Å². The summed E-state index contributed by atoms with van der Waals surface area (Å²) < 4.78 is 0. The predicted molar refractivity (Wildman–Crippen MR) is 92.4 cm³/mol. The van der Waals surface area contributed by atoms with E-state index < -0.39 is 0 Å². The zero-order chi connectivity index (χ0) is 16.0. The molecule has 1 amide bonds. The fraction of sp³-hybridized carbons (Fsp3) is 0.600. The van der Waals surface area contributed by atoms with E-state index in [1.807, 2.05) is 31.2 Å². The maximum Gasteiger partial charge on any atom is 0.271 e. The lowest BCUT2D eigenvalue weighted by Gasteiger charge is -2.56. The standard InChI is InChI=1S/C20H26N2O/c1-13-4-3-5-18(6-13)19(23)22-21-14(2)20-10-15-7-16(11-20)9-17(8-15)12-20/h3-6,15-17H,7-12H2,1-2H3,(H,22,23). The minimum absolute atomic E-state index is 0.0993. The molecule has 1 aromatic carbocycles. The number of carbonyl (C=O) groups is 1. The molecular formula is C20H26N2O. The normalized spacial score (nSPS) is 35.4. The highest BCUT2D eigenvalue weighted by Crippen LogP contribution is 2.60. The zero-order valence-electron chi connectivity index (χ0n) is 14.1. The van der Waals surface area contributed by atoms with Crippen molar-refractivity contribution >= 4 is 11.6 Å². The van der Waals surface area contributed by atoms with Crippen molar-refractivity contribution in [2.45, 2.75) is 52.4 Å². The third-order valence-electron chi connectivity index (χ3n) is 6.41. The van der Waals surface area contributed by atoms with Crippen molar-refractivity contribution < 1.29 is 4.79 Å². The van der Waals surface area contributed by atoms with Gasteiger partial charge in [-0.1, -0.05) is 17.7 Å². The Labute approximate surface area is 138 Å². The van der Waals surface area contributed by atoms with Gasteiger partial charge in [0.15, 0.2) is 0 Å². The van der Waals surface area contributed by atoms with E-state index in [1.54, 1.807) is 0 Å². The Balaban J connectivity index is 1.49. The lowest BCUT2D eigenvalue weighted by Crippen LogP contribution is -2.49. The second kappa shape index (κ2) is 5.47. The Hall–Kier alpha value is -1.64. The van der Waals surface area contributed by atoms with E-state index in [0.717, 1.165) is 29.0 Å². The Bertz CT molecular complexity index is 626. The molecule has 0 aromatic heterocycles. The zero-order valence-corrected chi connectivity index (χ0v) is 14.1. The first-order valence-corrected chi connectivity index (χ1v) is 8.96. The SMILES string of the molecule is CC(=NNC(=O)c1cccc(C)c1)C12CC3CC(CC(C3)C1)C2. The van der Waals surface area contributed by atoms with Gasteiger partial charge < -0.3 is 0 Å². The van der Waals surface area contributed by atoms with Crippen LogP contribution in [0.15, 0.2) is 29.4 Å². The van der Waals surface area contributed by atoms with Gasteiger partial charge in [0.05, 0.1) is 0 Å². The van der Waals surface area contributed by atoms with Gasteiger partial charge in [-0.25, -0.2) is 5.43 Å². The lowest BCUT2D eigenvalue weighted by atomic mass is 9.48. The fourth-order valence-corrected chi connectivity index (χ4v) is 5.66. The second-order valence-corrected chi connectivity index (χ2v) is 8.21. The molecular weight excluding hydrogens is 284 g/mol. The monoisotopic (exact) mass is 310 g/mol. The molecule has 0 heterocycles. The van der Waals surface area contributed by atoms with Crippen LogP contribution in [-0.4, -0.2) is 11.6 Å². The highest BCUT2D eigenvalue weighted by atomic mass is 16.2. The molecule has 0 radical (unpaired) electrons. The van der Waals surface area contributed by atoms with Crippen molar-refractivity contribution in [3.05, 3.63) is 35.4 Å². The van der Waals surface area contributed by atoms with E-state index >= 15 is 0 Å². The molecule has 0 spiro atoms. The van der Waals surface area contributed by atoms with E-state index in [0.29, 0.717) is 5.56 Å². The Kier molecular flexibility index (Phi) is 3.55. The molecule has 0 saturated heterocycles. The molecule has 4 saturated carbocycles. The number of amides is 1. The van der Waals surface area contributed by atoms with Crippen molar-refractivity contribution in [2.24, 2.45) is 28.3 Å². The number of hydrogen-bond donors (Lipinski definition) is 1. The Morgan fingerprint density at radius 1 is 1.13 bits per heavy atom. The fourth-order valence-electron chi connectivity index (χ4n) is 5.66. The van der Waals surface area contributed by atoms with Crippen molar-refractivity contribution in [2.75, 3.05) is 0 Å². The number of hydrogen-bond acceptors (Lipinski definition) is 2. The van der Waals surface area contributed by atoms with Crippen LogP contribution in [0.5, 0.6) is 0 Å². The molecule has 0 unspecified atom stereocenters. The van der Waals surface area contributed by atoms with E-state index in [1.165, 1.54) is 38.5 Å². The van der Waals surface area contributed by atoms with E-state index in [4.69, 9.17) is 0 Å². The summed E-state index contributed by atoms with van der Waals surface area (Å²) in [7, 11) is 0. The van der Waals surface area contributed by atoms with Crippen LogP contribution in [0, 0.1) is 30.1 Å². The minimum Gasteiger partial charge on any atom is -0.267 e. The van der Waals surface area contributed by atoms with Gasteiger partial charge in [0.25, 0.3) is 5.91 Å². The van der Waals surface area contributed by atoms with Gasteiger partial charge in [-0.05, 0) is 82.3 Å². The topological polar surface area (TPSA) is 41.5 Å². The summed E-state index contributed by atoms with van der Waals surface area (Å²) >= 11 is 0. The Morgan fingerprint density at radius 3 is 2.30 bits per heavy atom. The molecule has 4 aliphatic rings. The van der Waals surface area contributed by atoms with Gasteiger partial charge in [0.2, 0.25) is 0 Å². The molecule has 4 fully saturated rings. The third-order valence-corrected chi connectivity index (χ3v) is 6.41. The molecule has 1 aromatic rings. The summed E-state index contributed by atoms with van der Waals surface area (Å²) in [6, 6.07) is 7.67. The van der Waals surface area contributed by atoms with Crippen LogP contribution in [0.4, 0.5) is 0 Å². The number of hydrazone groups is 1. The first-order valence-electron chi connectivity index (χ1n) is 8.96. The van der Waals surface area contributed by atoms with Gasteiger partial charge in [-0.15, -0.1) is 0 Å². The molecule has 4 aliphatic carbocycles. The summed E-state index contributed by atoms with van der Waals surface area (Å²) in [5.41, 5.74) is 6.01.